The Morgan fingerprint density at radius 2 is 1.67 bits per heavy atom. The van der Waals surface area contributed by atoms with Crippen LogP contribution in [0.1, 0.15) is 36.8 Å². The number of benzene rings is 3. The number of halogens is 2. The van der Waals surface area contributed by atoms with E-state index in [1.807, 2.05) is 72.8 Å². The highest BCUT2D eigenvalue weighted by molar-refractivity contribution is 14.1. The average molecular weight is 617 g/mol. The number of ether oxygens (including phenoxy) is 1. The summed E-state index contributed by atoms with van der Waals surface area (Å²) in [6.45, 7) is 0.0915. The zero-order valence-electron chi connectivity index (χ0n) is 20.0. The molecule has 0 saturated heterocycles. The predicted octanol–water partition coefficient (Wildman–Crippen LogP) is 6.02. The number of amides is 2. The first-order chi connectivity index (χ1) is 17.5. The fourth-order valence-electron chi connectivity index (χ4n) is 4.51. The van der Waals surface area contributed by atoms with Crippen LogP contribution in [-0.4, -0.2) is 35.4 Å². The van der Waals surface area contributed by atoms with Crippen LogP contribution in [0.15, 0.2) is 78.9 Å². The lowest BCUT2D eigenvalue weighted by Crippen LogP contribution is -2.53. The van der Waals surface area contributed by atoms with Gasteiger partial charge in [-0.25, -0.2) is 0 Å². The Hall–Kier alpha value is -2.58. The SMILES string of the molecule is O=C(NC1CCCC1)[C@@H](Cc1ccccc1)N(Cc1cccc(Cl)c1)C(=O)COc1ccc(I)cc1. The summed E-state index contributed by atoms with van der Waals surface area (Å²) in [5.74, 6) is 0.230. The van der Waals surface area contributed by atoms with E-state index in [9.17, 15) is 9.59 Å². The van der Waals surface area contributed by atoms with Crippen LogP contribution in [0.25, 0.3) is 0 Å². The molecule has 3 aromatic rings. The van der Waals surface area contributed by atoms with Crippen molar-refractivity contribution in [1.29, 1.82) is 0 Å². The van der Waals surface area contributed by atoms with E-state index in [1.54, 1.807) is 11.0 Å². The second kappa shape index (κ2) is 13.1. The van der Waals surface area contributed by atoms with Crippen LogP contribution >= 0.6 is 34.2 Å². The highest BCUT2D eigenvalue weighted by Gasteiger charge is 2.32. The lowest BCUT2D eigenvalue weighted by Gasteiger charge is -2.32. The third-order valence-electron chi connectivity index (χ3n) is 6.39. The Kier molecular flexibility index (Phi) is 9.64. The van der Waals surface area contributed by atoms with Gasteiger partial charge in [-0.15, -0.1) is 0 Å². The average Bonchev–Trinajstić information content (AvgIpc) is 3.39. The van der Waals surface area contributed by atoms with Crippen molar-refractivity contribution >= 4 is 46.0 Å². The van der Waals surface area contributed by atoms with Crippen molar-refractivity contribution < 1.29 is 14.3 Å². The normalized spacial score (nSPS) is 14.3. The third-order valence-corrected chi connectivity index (χ3v) is 7.34. The van der Waals surface area contributed by atoms with Gasteiger partial charge in [-0.3, -0.25) is 9.59 Å². The van der Waals surface area contributed by atoms with Gasteiger partial charge >= 0.3 is 0 Å². The number of hydrogen-bond donors (Lipinski definition) is 1. The molecule has 0 aliphatic heterocycles. The first kappa shape index (κ1) is 26.5. The summed E-state index contributed by atoms with van der Waals surface area (Å²) in [5.41, 5.74) is 1.85. The molecule has 188 valence electrons. The van der Waals surface area contributed by atoms with Crippen LogP contribution in [-0.2, 0) is 22.6 Å². The molecule has 36 heavy (non-hydrogen) atoms. The number of hydrogen-bond acceptors (Lipinski definition) is 3. The standard InChI is InChI=1S/C29H30ClIN2O3/c30-23-10-6-9-22(17-23)19-33(28(34)20-36-26-15-13-24(31)14-16-26)27(18-21-7-2-1-3-8-21)29(35)32-25-11-4-5-12-25/h1-3,6-10,13-17,25,27H,4-5,11-12,18-20H2,(H,32,35)/t27-/m1/s1. The molecule has 1 aliphatic rings. The molecule has 0 spiro atoms. The van der Waals surface area contributed by atoms with Crippen molar-refractivity contribution in [2.75, 3.05) is 6.61 Å². The number of nitrogens with zero attached hydrogens (tertiary/aromatic N) is 1. The molecule has 1 saturated carbocycles. The van der Waals surface area contributed by atoms with E-state index in [2.05, 4.69) is 27.9 Å². The maximum Gasteiger partial charge on any atom is 0.261 e. The fraction of sp³-hybridized carbons (Fsp3) is 0.310. The Labute approximate surface area is 231 Å². The number of carbonyl (C=O) groups excluding carboxylic acids is 2. The monoisotopic (exact) mass is 616 g/mol. The van der Waals surface area contributed by atoms with E-state index >= 15 is 0 Å². The molecule has 4 rings (SSSR count). The molecule has 1 aliphatic carbocycles. The maximum atomic E-state index is 13.6. The second-order valence-corrected chi connectivity index (χ2v) is 10.8. The first-order valence-corrected chi connectivity index (χ1v) is 13.7. The van der Waals surface area contributed by atoms with Crippen LogP contribution in [0.4, 0.5) is 0 Å². The Morgan fingerprint density at radius 1 is 0.972 bits per heavy atom. The van der Waals surface area contributed by atoms with E-state index in [0.717, 1.165) is 40.4 Å². The molecule has 0 aromatic heterocycles. The minimum absolute atomic E-state index is 0.129. The number of rotatable bonds is 10. The van der Waals surface area contributed by atoms with Gasteiger partial charge in [-0.05, 0) is 83.0 Å². The Bertz CT molecular complexity index is 1150. The molecular weight excluding hydrogens is 587 g/mol. The summed E-state index contributed by atoms with van der Waals surface area (Å²) < 4.78 is 6.91. The van der Waals surface area contributed by atoms with Crippen molar-refractivity contribution in [1.82, 2.24) is 10.2 Å². The van der Waals surface area contributed by atoms with Gasteiger partial charge in [0.25, 0.3) is 5.91 Å². The van der Waals surface area contributed by atoms with Crippen molar-refractivity contribution in [3.63, 3.8) is 0 Å². The lowest BCUT2D eigenvalue weighted by atomic mass is 10.0. The molecule has 0 radical (unpaired) electrons. The Balaban J connectivity index is 1.60. The van der Waals surface area contributed by atoms with Crippen LogP contribution in [0.5, 0.6) is 5.75 Å². The van der Waals surface area contributed by atoms with Crippen LogP contribution < -0.4 is 10.1 Å². The molecule has 1 atom stereocenters. The Morgan fingerprint density at radius 3 is 2.36 bits per heavy atom. The van der Waals surface area contributed by atoms with Crippen molar-refractivity contribution in [3.05, 3.63) is 98.6 Å². The highest BCUT2D eigenvalue weighted by atomic mass is 127. The molecule has 7 heteroatoms. The van der Waals surface area contributed by atoms with Gasteiger partial charge in [0.1, 0.15) is 11.8 Å². The van der Waals surface area contributed by atoms with Gasteiger partial charge < -0.3 is 15.0 Å². The van der Waals surface area contributed by atoms with Gasteiger partial charge in [-0.2, -0.15) is 0 Å². The van der Waals surface area contributed by atoms with Gasteiger partial charge in [-0.1, -0.05) is 66.9 Å². The quantitative estimate of drug-likeness (QED) is 0.284. The van der Waals surface area contributed by atoms with Crippen LogP contribution in [0.3, 0.4) is 0 Å². The molecule has 2 amide bonds. The topological polar surface area (TPSA) is 58.6 Å². The molecule has 0 heterocycles. The molecule has 3 aromatic carbocycles. The van der Waals surface area contributed by atoms with Gasteiger partial charge in [0, 0.05) is 27.6 Å². The highest BCUT2D eigenvalue weighted by Crippen LogP contribution is 2.21. The van der Waals surface area contributed by atoms with Gasteiger partial charge in [0.2, 0.25) is 5.91 Å². The summed E-state index contributed by atoms with van der Waals surface area (Å²) in [4.78, 5) is 28.9. The lowest BCUT2D eigenvalue weighted by molar-refractivity contribution is -0.143. The number of nitrogens with one attached hydrogen (secondary N) is 1. The zero-order chi connectivity index (χ0) is 25.3. The maximum absolute atomic E-state index is 13.6. The third kappa shape index (κ3) is 7.71. The van der Waals surface area contributed by atoms with Crippen molar-refractivity contribution in [3.8, 4) is 5.75 Å². The second-order valence-electron chi connectivity index (χ2n) is 9.09. The largest absolute Gasteiger partial charge is 0.484 e. The van der Waals surface area contributed by atoms with E-state index in [0.29, 0.717) is 17.2 Å². The summed E-state index contributed by atoms with van der Waals surface area (Å²) in [6.07, 6.45) is 4.59. The number of carbonyl (C=O) groups is 2. The van der Waals surface area contributed by atoms with Crippen LogP contribution in [0.2, 0.25) is 5.02 Å². The summed E-state index contributed by atoms with van der Waals surface area (Å²) in [6, 6.07) is 24.2. The van der Waals surface area contributed by atoms with Crippen LogP contribution in [0, 0.1) is 3.57 Å². The van der Waals surface area contributed by atoms with E-state index in [4.69, 9.17) is 16.3 Å². The predicted molar refractivity (Wildman–Crippen MR) is 151 cm³/mol. The minimum atomic E-state index is -0.681. The van der Waals surface area contributed by atoms with Crippen molar-refractivity contribution in [2.24, 2.45) is 0 Å². The summed E-state index contributed by atoms with van der Waals surface area (Å²) >= 11 is 8.46. The van der Waals surface area contributed by atoms with E-state index in [-0.39, 0.29) is 31.0 Å². The molecule has 1 N–H and O–H groups in total. The minimum Gasteiger partial charge on any atom is -0.484 e. The molecule has 0 unspecified atom stereocenters. The first-order valence-electron chi connectivity index (χ1n) is 12.2. The summed E-state index contributed by atoms with van der Waals surface area (Å²) in [7, 11) is 0. The fourth-order valence-corrected chi connectivity index (χ4v) is 5.08. The summed E-state index contributed by atoms with van der Waals surface area (Å²) in [5, 5.41) is 3.80. The molecule has 5 nitrogen and oxygen atoms in total. The van der Waals surface area contributed by atoms with E-state index in [1.165, 1.54) is 0 Å². The van der Waals surface area contributed by atoms with Gasteiger partial charge in [0.05, 0.1) is 0 Å². The molecular formula is C29H30ClIN2O3. The zero-order valence-corrected chi connectivity index (χ0v) is 23.0. The van der Waals surface area contributed by atoms with Gasteiger partial charge in [0.15, 0.2) is 6.61 Å². The van der Waals surface area contributed by atoms with E-state index < -0.39 is 6.04 Å². The smallest absolute Gasteiger partial charge is 0.261 e. The molecule has 0 bridgehead atoms. The molecule has 1 fully saturated rings. The van der Waals surface area contributed by atoms with Crippen molar-refractivity contribution in [2.45, 2.75) is 50.7 Å².